The fraction of sp³-hybridized carbons (Fsp3) is 0.480. The molecule has 0 saturated heterocycles. The molecule has 1 aliphatic rings. The lowest BCUT2D eigenvalue weighted by molar-refractivity contribution is 0.390. The van der Waals surface area contributed by atoms with Gasteiger partial charge in [-0.25, -0.2) is 0 Å². The van der Waals surface area contributed by atoms with E-state index in [2.05, 4.69) is 155 Å². The first-order valence-corrected chi connectivity index (χ1v) is 20.3. The number of nitrogens with zero attached hydrogens (tertiary/aromatic N) is 2. The largest absolute Gasteiger partial charge is 0.507 e. The highest BCUT2D eigenvalue weighted by Gasteiger charge is 2.27. The van der Waals surface area contributed by atoms with Gasteiger partial charge in [-0.05, 0) is 99.8 Å². The first-order valence-electron chi connectivity index (χ1n) is 20.3. The molecule has 288 valence electrons. The van der Waals surface area contributed by atoms with Gasteiger partial charge in [0, 0.05) is 34.7 Å². The van der Waals surface area contributed by atoms with E-state index >= 15 is 0 Å². The number of phenolic OH excluding ortho intramolecular Hbond substituents is 2. The van der Waals surface area contributed by atoms with Crippen LogP contribution in [-0.4, -0.2) is 34.7 Å². The lowest BCUT2D eigenvalue weighted by Gasteiger charge is -2.28. The minimum Gasteiger partial charge on any atom is -0.507 e. The first-order chi connectivity index (χ1) is 25.4. The lowest BCUT2D eigenvalue weighted by atomic mass is 9.79. The summed E-state index contributed by atoms with van der Waals surface area (Å²) in [5.74, 6) is 1.58. The lowest BCUT2D eigenvalue weighted by Crippen LogP contribution is -2.27. The van der Waals surface area contributed by atoms with Gasteiger partial charge in [0.2, 0.25) is 0 Å². The van der Waals surface area contributed by atoms with Gasteiger partial charge in [-0.15, -0.1) is 0 Å². The van der Waals surface area contributed by atoms with Crippen molar-refractivity contribution in [3.05, 3.63) is 118 Å². The maximum Gasteiger partial charge on any atom is 0.128 e. The number of benzene rings is 4. The van der Waals surface area contributed by atoms with E-state index in [0.29, 0.717) is 23.3 Å². The van der Waals surface area contributed by atoms with Gasteiger partial charge in [-0.2, -0.15) is 0 Å². The van der Waals surface area contributed by atoms with Crippen LogP contribution in [0.1, 0.15) is 165 Å². The van der Waals surface area contributed by atoms with Crippen molar-refractivity contribution < 1.29 is 10.2 Å². The van der Waals surface area contributed by atoms with Crippen LogP contribution in [0.3, 0.4) is 0 Å². The third-order valence-corrected chi connectivity index (χ3v) is 11.5. The molecule has 2 unspecified atom stereocenters. The molecule has 0 spiro atoms. The molecule has 4 nitrogen and oxygen atoms in total. The van der Waals surface area contributed by atoms with Crippen molar-refractivity contribution >= 4 is 12.4 Å². The SMILES string of the molecule is CCC(CC(C)c1ccc(-c2cc(/C=N/[C@@H]3CCCC[C@H]3/N=C/c3cc(C(C)(C)C)cc(C(C)(C)C)c3O)c(O)c(C(C)(C)C)c2)cc1)c1ccccc1. The number of phenols is 2. The summed E-state index contributed by atoms with van der Waals surface area (Å²) < 4.78 is 0. The average molecular weight is 727 g/mol. The van der Waals surface area contributed by atoms with Crippen LogP contribution in [0.4, 0.5) is 0 Å². The molecule has 0 aromatic heterocycles. The third kappa shape index (κ3) is 9.92. The van der Waals surface area contributed by atoms with Crippen molar-refractivity contribution in [1.29, 1.82) is 0 Å². The van der Waals surface area contributed by atoms with Gasteiger partial charge < -0.3 is 10.2 Å². The van der Waals surface area contributed by atoms with Gasteiger partial charge >= 0.3 is 0 Å². The highest BCUT2D eigenvalue weighted by molar-refractivity contribution is 5.88. The van der Waals surface area contributed by atoms with Crippen LogP contribution in [0.5, 0.6) is 11.5 Å². The molecule has 5 rings (SSSR count). The molecule has 4 aromatic carbocycles. The summed E-state index contributed by atoms with van der Waals surface area (Å²) in [7, 11) is 0. The fourth-order valence-electron chi connectivity index (χ4n) is 7.88. The molecule has 0 heterocycles. The molecule has 0 aliphatic heterocycles. The second kappa shape index (κ2) is 16.7. The molecule has 1 saturated carbocycles. The third-order valence-electron chi connectivity index (χ3n) is 11.5. The normalized spacial score (nSPS) is 18.4. The van der Waals surface area contributed by atoms with E-state index < -0.39 is 0 Å². The maximum atomic E-state index is 11.6. The zero-order valence-electron chi connectivity index (χ0n) is 35.0. The Balaban J connectivity index is 1.42. The van der Waals surface area contributed by atoms with Crippen LogP contribution in [-0.2, 0) is 16.2 Å². The summed E-state index contributed by atoms with van der Waals surface area (Å²) >= 11 is 0. The first kappa shape index (κ1) is 41.0. The van der Waals surface area contributed by atoms with Crippen molar-refractivity contribution in [1.82, 2.24) is 0 Å². The molecule has 4 aromatic rings. The Kier molecular flexibility index (Phi) is 12.7. The predicted molar refractivity (Wildman–Crippen MR) is 231 cm³/mol. The summed E-state index contributed by atoms with van der Waals surface area (Å²) in [5.41, 5.74) is 9.02. The second-order valence-electron chi connectivity index (χ2n) is 18.9. The van der Waals surface area contributed by atoms with Crippen molar-refractivity contribution in [2.45, 2.75) is 155 Å². The maximum absolute atomic E-state index is 11.6. The highest BCUT2D eigenvalue weighted by Crippen LogP contribution is 2.40. The van der Waals surface area contributed by atoms with Crippen molar-refractivity contribution in [2.75, 3.05) is 0 Å². The number of aromatic hydroxyl groups is 2. The molecule has 54 heavy (non-hydrogen) atoms. The molecule has 0 amide bonds. The Morgan fingerprint density at radius 1 is 0.630 bits per heavy atom. The number of rotatable bonds is 10. The van der Waals surface area contributed by atoms with Crippen LogP contribution in [0, 0.1) is 0 Å². The van der Waals surface area contributed by atoms with Crippen LogP contribution in [0.25, 0.3) is 11.1 Å². The van der Waals surface area contributed by atoms with Crippen LogP contribution in [0.15, 0.2) is 88.8 Å². The zero-order valence-corrected chi connectivity index (χ0v) is 35.0. The molecule has 1 fully saturated rings. The minimum absolute atomic E-state index is 0.00178. The van der Waals surface area contributed by atoms with E-state index in [4.69, 9.17) is 9.98 Å². The Bertz CT molecular complexity index is 1920. The quantitative estimate of drug-likeness (QED) is 0.160. The van der Waals surface area contributed by atoms with E-state index in [0.717, 1.165) is 71.9 Å². The van der Waals surface area contributed by atoms with E-state index in [1.165, 1.54) is 16.7 Å². The van der Waals surface area contributed by atoms with Gasteiger partial charge in [-0.1, -0.05) is 150 Å². The fourth-order valence-corrected chi connectivity index (χ4v) is 7.88. The van der Waals surface area contributed by atoms with Crippen molar-refractivity contribution in [3.8, 4) is 22.6 Å². The number of hydrogen-bond acceptors (Lipinski definition) is 4. The highest BCUT2D eigenvalue weighted by atomic mass is 16.3. The Labute approximate surface area is 326 Å². The standard InChI is InChI=1S/C50H66N2O2/c1-12-34(36-18-14-13-15-19-36)26-33(2)35-22-24-37(25-23-35)38-27-39(46(53)42(29-38)49(6,7)8)31-51-44-20-16-17-21-45(44)52-32-40-28-41(48(3,4)5)30-43(47(40)54)50(9,10)11/h13-15,18-19,22-25,27-34,44-45,53-54H,12,16-17,20-21,26H2,1-11H3/b51-31+,52-32+/t33?,34?,44-,45-/m1/s1. The number of hydrogen-bond donors (Lipinski definition) is 2. The van der Waals surface area contributed by atoms with Crippen molar-refractivity contribution in [3.63, 3.8) is 0 Å². The smallest absolute Gasteiger partial charge is 0.128 e. The molecule has 2 N–H and O–H groups in total. The molecule has 1 aliphatic carbocycles. The van der Waals surface area contributed by atoms with E-state index in [1.54, 1.807) is 0 Å². The van der Waals surface area contributed by atoms with Gasteiger partial charge in [0.1, 0.15) is 11.5 Å². The Morgan fingerprint density at radius 2 is 1.15 bits per heavy atom. The van der Waals surface area contributed by atoms with Gasteiger partial charge in [0.15, 0.2) is 0 Å². The average Bonchev–Trinajstić information content (AvgIpc) is 3.12. The predicted octanol–water partition coefficient (Wildman–Crippen LogP) is 13.2. The van der Waals surface area contributed by atoms with Gasteiger partial charge in [-0.3, -0.25) is 9.98 Å². The van der Waals surface area contributed by atoms with E-state index in [-0.39, 0.29) is 28.3 Å². The topological polar surface area (TPSA) is 65.2 Å². The summed E-state index contributed by atoms with van der Waals surface area (Å²) in [6.07, 6.45) is 10.1. The molecule has 0 bridgehead atoms. The van der Waals surface area contributed by atoms with Crippen LogP contribution < -0.4 is 0 Å². The number of aliphatic imine (C=N–C) groups is 2. The Morgan fingerprint density at radius 3 is 1.65 bits per heavy atom. The molecule has 0 radical (unpaired) electrons. The summed E-state index contributed by atoms with van der Waals surface area (Å²) in [6, 6.07) is 28.4. The second-order valence-corrected chi connectivity index (χ2v) is 18.9. The zero-order chi connectivity index (χ0) is 39.4. The molecule has 4 atom stereocenters. The van der Waals surface area contributed by atoms with E-state index in [9.17, 15) is 10.2 Å². The van der Waals surface area contributed by atoms with Crippen molar-refractivity contribution in [2.24, 2.45) is 9.98 Å². The molecule has 4 heteroatoms. The monoisotopic (exact) mass is 727 g/mol. The minimum atomic E-state index is -0.253. The van der Waals surface area contributed by atoms with Gasteiger partial charge in [0.25, 0.3) is 0 Å². The molecular weight excluding hydrogens is 661 g/mol. The Hall–Kier alpha value is -4.18. The summed E-state index contributed by atoms with van der Waals surface area (Å²) in [6.45, 7) is 24.1. The molecular formula is C50H66N2O2. The van der Waals surface area contributed by atoms with Crippen LogP contribution in [0.2, 0.25) is 0 Å². The summed E-state index contributed by atoms with van der Waals surface area (Å²) in [4.78, 5) is 10.2. The van der Waals surface area contributed by atoms with E-state index in [1.807, 2.05) is 12.4 Å². The van der Waals surface area contributed by atoms with Gasteiger partial charge in [0.05, 0.1) is 12.1 Å². The van der Waals surface area contributed by atoms with Crippen LogP contribution >= 0.6 is 0 Å². The summed E-state index contributed by atoms with van der Waals surface area (Å²) in [5, 5.41) is 23.0.